The lowest BCUT2D eigenvalue weighted by atomic mass is 10.0. The Morgan fingerprint density at radius 3 is 2.28 bits per heavy atom. The molecule has 0 radical (unpaired) electrons. The van der Waals surface area contributed by atoms with E-state index in [-0.39, 0.29) is 5.57 Å². The lowest BCUT2D eigenvalue weighted by Gasteiger charge is -2.28. The number of urea groups is 1. The highest BCUT2D eigenvalue weighted by Crippen LogP contribution is 2.29. The number of amides is 4. The minimum Gasteiger partial charge on any atom is -0.492 e. The first-order chi connectivity index (χ1) is 15.3. The number of rotatable bonds is 5. The number of hydrogen-bond donors (Lipinski definition) is 0. The summed E-state index contributed by atoms with van der Waals surface area (Å²) < 4.78 is 8.05. The highest BCUT2D eigenvalue weighted by atomic mass is 16.5. The van der Waals surface area contributed by atoms with Gasteiger partial charge in [-0.05, 0) is 43.7 Å². The molecule has 0 N–H and O–H groups in total. The van der Waals surface area contributed by atoms with E-state index in [4.69, 9.17) is 4.74 Å². The number of carbonyl (C=O) groups is 3. The van der Waals surface area contributed by atoms with Crippen LogP contribution >= 0.6 is 0 Å². The third-order valence-corrected chi connectivity index (χ3v) is 5.79. The number of imide groups is 2. The summed E-state index contributed by atoms with van der Waals surface area (Å²) in [5.74, 6) is -0.384. The van der Waals surface area contributed by atoms with Crippen molar-refractivity contribution in [3.05, 3.63) is 70.9 Å². The maximum Gasteiger partial charge on any atom is 0.333 e. The first kappa shape index (κ1) is 21.4. The average Bonchev–Trinajstić information content (AvgIpc) is 3.05. The predicted octanol–water partition coefficient (Wildman–Crippen LogP) is 3.77. The standard InChI is InChI=1S/C25H25N3O4/c1-16-8-7-9-18(14-16)32-13-12-28-17(2)20(19-10-5-6-11-22(19)28)15-21-23(29)26(3)25(31)27(4)24(21)30/h5-11,14-15H,12-13H2,1-4H3. The van der Waals surface area contributed by atoms with E-state index in [9.17, 15) is 14.4 Å². The zero-order chi connectivity index (χ0) is 23.0. The first-order valence-corrected chi connectivity index (χ1v) is 10.4. The Labute approximate surface area is 186 Å². The number of ether oxygens (including phenoxy) is 1. The van der Waals surface area contributed by atoms with Crippen LogP contribution in [0.5, 0.6) is 5.75 Å². The molecule has 0 spiro atoms. The molecular formula is C25H25N3O4. The van der Waals surface area contributed by atoms with E-state index < -0.39 is 17.8 Å². The molecule has 7 nitrogen and oxygen atoms in total. The number of benzene rings is 2. The summed E-state index contributed by atoms with van der Waals surface area (Å²) in [6.07, 6.45) is 1.60. The number of barbiturate groups is 1. The van der Waals surface area contributed by atoms with E-state index in [1.807, 2.05) is 62.4 Å². The van der Waals surface area contributed by atoms with Gasteiger partial charge in [0.05, 0.1) is 6.54 Å². The summed E-state index contributed by atoms with van der Waals surface area (Å²) in [6, 6.07) is 15.1. The van der Waals surface area contributed by atoms with E-state index in [2.05, 4.69) is 4.57 Å². The second-order valence-electron chi connectivity index (χ2n) is 7.90. The Morgan fingerprint density at radius 1 is 0.906 bits per heavy atom. The van der Waals surface area contributed by atoms with Crippen molar-refractivity contribution in [1.29, 1.82) is 0 Å². The summed E-state index contributed by atoms with van der Waals surface area (Å²) in [6.45, 7) is 5.04. The predicted molar refractivity (Wildman–Crippen MR) is 122 cm³/mol. The molecule has 7 heteroatoms. The molecule has 0 unspecified atom stereocenters. The van der Waals surface area contributed by atoms with Crippen LogP contribution in [0.4, 0.5) is 4.79 Å². The average molecular weight is 431 g/mol. The molecule has 0 atom stereocenters. The Morgan fingerprint density at radius 2 is 1.59 bits per heavy atom. The molecule has 0 bridgehead atoms. The van der Waals surface area contributed by atoms with Gasteiger partial charge >= 0.3 is 6.03 Å². The van der Waals surface area contributed by atoms with Crippen LogP contribution in [0.1, 0.15) is 16.8 Å². The second kappa shape index (κ2) is 8.34. The van der Waals surface area contributed by atoms with Gasteiger partial charge in [-0.3, -0.25) is 19.4 Å². The van der Waals surface area contributed by atoms with Crippen molar-refractivity contribution in [1.82, 2.24) is 14.4 Å². The lowest BCUT2D eigenvalue weighted by molar-refractivity contribution is -0.134. The van der Waals surface area contributed by atoms with Crippen LogP contribution in [0.15, 0.2) is 54.1 Å². The Kier molecular flexibility index (Phi) is 5.57. The third-order valence-electron chi connectivity index (χ3n) is 5.79. The molecule has 4 rings (SSSR count). The summed E-state index contributed by atoms with van der Waals surface area (Å²) in [4.78, 5) is 39.3. The highest BCUT2D eigenvalue weighted by molar-refractivity contribution is 6.31. The fraction of sp³-hybridized carbons (Fsp3) is 0.240. The van der Waals surface area contributed by atoms with Crippen LogP contribution in [0, 0.1) is 13.8 Å². The smallest absolute Gasteiger partial charge is 0.333 e. The van der Waals surface area contributed by atoms with Crippen molar-refractivity contribution in [3.8, 4) is 5.75 Å². The highest BCUT2D eigenvalue weighted by Gasteiger charge is 2.38. The summed E-state index contributed by atoms with van der Waals surface area (Å²) >= 11 is 0. The van der Waals surface area contributed by atoms with E-state index in [0.717, 1.165) is 43.3 Å². The van der Waals surface area contributed by atoms with Crippen LogP contribution in [0.2, 0.25) is 0 Å². The Balaban J connectivity index is 1.70. The van der Waals surface area contributed by atoms with Crippen molar-refractivity contribution >= 4 is 34.8 Å². The van der Waals surface area contributed by atoms with Gasteiger partial charge in [0.15, 0.2) is 0 Å². The minimum absolute atomic E-state index is 0.0309. The molecule has 1 fully saturated rings. The number of aryl methyl sites for hydroxylation is 1. The summed E-state index contributed by atoms with van der Waals surface area (Å²) in [5, 5.41) is 0.927. The molecule has 2 aromatic carbocycles. The number of nitrogens with zero attached hydrogens (tertiary/aromatic N) is 3. The largest absolute Gasteiger partial charge is 0.492 e. The number of likely N-dealkylation sites (N-methyl/N-ethyl adjacent to an activating group) is 2. The topological polar surface area (TPSA) is 71.8 Å². The molecule has 164 valence electrons. The van der Waals surface area contributed by atoms with Crippen molar-refractivity contribution in [2.75, 3.05) is 20.7 Å². The van der Waals surface area contributed by atoms with Crippen LogP contribution in [0.3, 0.4) is 0 Å². The lowest BCUT2D eigenvalue weighted by Crippen LogP contribution is -2.52. The molecule has 0 saturated carbocycles. The summed E-state index contributed by atoms with van der Waals surface area (Å²) in [5.41, 5.74) is 3.78. The van der Waals surface area contributed by atoms with Crippen LogP contribution < -0.4 is 4.74 Å². The number of aromatic nitrogens is 1. The van der Waals surface area contributed by atoms with E-state index >= 15 is 0 Å². The van der Waals surface area contributed by atoms with E-state index in [0.29, 0.717) is 13.2 Å². The number of para-hydroxylation sites is 1. The Hall–Kier alpha value is -3.87. The van der Waals surface area contributed by atoms with Crippen molar-refractivity contribution in [3.63, 3.8) is 0 Å². The van der Waals surface area contributed by atoms with E-state index in [1.165, 1.54) is 14.1 Å². The number of carbonyl (C=O) groups excluding carboxylic acids is 3. The fourth-order valence-electron chi connectivity index (χ4n) is 4.01. The molecule has 1 aliphatic rings. The molecule has 0 aliphatic carbocycles. The van der Waals surface area contributed by atoms with Gasteiger partial charge in [0.25, 0.3) is 11.8 Å². The Bertz CT molecular complexity index is 1250. The second-order valence-corrected chi connectivity index (χ2v) is 7.90. The van der Waals surface area contributed by atoms with Crippen molar-refractivity contribution < 1.29 is 19.1 Å². The molecular weight excluding hydrogens is 406 g/mol. The van der Waals surface area contributed by atoms with Crippen LogP contribution in [-0.4, -0.2) is 52.9 Å². The minimum atomic E-state index is -0.635. The number of fused-ring (bicyclic) bond motifs is 1. The molecule has 32 heavy (non-hydrogen) atoms. The maximum absolute atomic E-state index is 12.7. The molecule has 1 aliphatic heterocycles. The zero-order valence-electron chi connectivity index (χ0n) is 18.6. The van der Waals surface area contributed by atoms with Gasteiger partial charge in [-0.25, -0.2) is 4.79 Å². The zero-order valence-corrected chi connectivity index (χ0v) is 18.6. The van der Waals surface area contributed by atoms with Gasteiger partial charge in [0.1, 0.15) is 17.9 Å². The van der Waals surface area contributed by atoms with Gasteiger partial charge in [0, 0.05) is 36.3 Å². The molecule has 1 saturated heterocycles. The molecule has 2 heterocycles. The van der Waals surface area contributed by atoms with Gasteiger partial charge in [-0.1, -0.05) is 30.3 Å². The monoisotopic (exact) mass is 431 g/mol. The maximum atomic E-state index is 12.7. The van der Waals surface area contributed by atoms with Crippen LogP contribution in [0.25, 0.3) is 17.0 Å². The quantitative estimate of drug-likeness (QED) is 0.455. The van der Waals surface area contributed by atoms with Gasteiger partial charge in [0.2, 0.25) is 0 Å². The fourth-order valence-corrected chi connectivity index (χ4v) is 4.01. The SMILES string of the molecule is Cc1cccc(OCCn2c(C)c(C=C3C(=O)N(C)C(=O)N(C)C3=O)c3ccccc32)c1. The van der Waals surface area contributed by atoms with Gasteiger partial charge < -0.3 is 9.30 Å². The van der Waals surface area contributed by atoms with E-state index in [1.54, 1.807) is 6.08 Å². The summed E-state index contributed by atoms with van der Waals surface area (Å²) in [7, 11) is 2.75. The third kappa shape index (κ3) is 3.66. The van der Waals surface area contributed by atoms with Crippen molar-refractivity contribution in [2.45, 2.75) is 20.4 Å². The number of hydrogen-bond acceptors (Lipinski definition) is 4. The first-order valence-electron chi connectivity index (χ1n) is 10.4. The van der Waals surface area contributed by atoms with Gasteiger partial charge in [-0.15, -0.1) is 0 Å². The van der Waals surface area contributed by atoms with Gasteiger partial charge in [-0.2, -0.15) is 0 Å². The molecule has 4 amide bonds. The normalized spacial score (nSPS) is 14.5. The van der Waals surface area contributed by atoms with Crippen molar-refractivity contribution in [2.24, 2.45) is 0 Å². The van der Waals surface area contributed by atoms with Crippen LogP contribution in [-0.2, 0) is 16.1 Å². The molecule has 1 aromatic heterocycles. The molecule has 3 aromatic rings.